The van der Waals surface area contributed by atoms with Crippen molar-refractivity contribution >= 4 is 22.8 Å². The highest BCUT2D eigenvalue weighted by molar-refractivity contribution is 8.14. The van der Waals surface area contributed by atoms with Crippen LogP contribution in [-0.4, -0.2) is 75.6 Å². The van der Waals surface area contributed by atoms with E-state index in [1.54, 1.807) is 0 Å². The number of aliphatic imine (C=N–C) groups is 1. The molecule has 8 heteroatoms. The number of hydrogen-bond acceptors (Lipinski definition) is 6. The summed E-state index contributed by atoms with van der Waals surface area (Å²) in [5, 5.41) is 12.4. The normalized spacial score (nSPS) is 24.6. The second-order valence-electron chi connectivity index (χ2n) is 6.29. The van der Waals surface area contributed by atoms with Crippen LogP contribution in [0.25, 0.3) is 0 Å². The van der Waals surface area contributed by atoms with E-state index in [1.165, 1.54) is 0 Å². The van der Waals surface area contributed by atoms with Gasteiger partial charge in [-0.3, -0.25) is 14.9 Å². The minimum absolute atomic E-state index is 0.0558. The lowest BCUT2D eigenvalue weighted by atomic mass is 10.1. The van der Waals surface area contributed by atoms with Gasteiger partial charge < -0.3 is 15.1 Å². The van der Waals surface area contributed by atoms with Crippen molar-refractivity contribution < 1.29 is 4.79 Å². The molecule has 1 unspecified atom stereocenters. The van der Waals surface area contributed by atoms with Gasteiger partial charge in [0.05, 0.1) is 6.54 Å². The van der Waals surface area contributed by atoms with E-state index in [4.69, 9.17) is 0 Å². The fraction of sp³-hybridized carbons (Fsp3) is 0.667. The van der Waals surface area contributed by atoms with Crippen molar-refractivity contribution in [1.29, 1.82) is 0 Å². The van der Waals surface area contributed by atoms with E-state index in [9.17, 15) is 4.79 Å². The van der Waals surface area contributed by atoms with Gasteiger partial charge in [-0.05, 0) is 0 Å². The zero-order valence-electron chi connectivity index (χ0n) is 13.3. The molecule has 2 N–H and O–H groups in total. The third kappa shape index (κ3) is 2.85. The Morgan fingerprint density at radius 3 is 2.87 bits per heavy atom. The molecule has 3 aliphatic rings. The minimum atomic E-state index is 0.0558. The first-order chi connectivity index (χ1) is 11.2. The van der Waals surface area contributed by atoms with Gasteiger partial charge in [0, 0.05) is 62.2 Å². The smallest absolute Gasteiger partial charge is 0.274 e. The van der Waals surface area contributed by atoms with E-state index in [0.29, 0.717) is 10.9 Å². The number of nitrogens with zero attached hydrogens (tertiary/aromatic N) is 4. The molecule has 23 heavy (non-hydrogen) atoms. The van der Waals surface area contributed by atoms with Crippen LogP contribution in [0.2, 0.25) is 0 Å². The highest BCUT2D eigenvalue weighted by Crippen LogP contribution is 2.24. The van der Waals surface area contributed by atoms with E-state index in [0.717, 1.165) is 68.7 Å². The molecule has 0 aromatic carbocycles. The molecule has 1 aromatic heterocycles. The molecular formula is C15H22N6OS. The highest BCUT2D eigenvalue weighted by Gasteiger charge is 2.30. The zero-order chi connectivity index (χ0) is 15.8. The number of thioether (sulfide) groups is 1. The molecular weight excluding hydrogens is 312 g/mol. The Labute approximate surface area is 139 Å². The summed E-state index contributed by atoms with van der Waals surface area (Å²) >= 11 is 1.84. The van der Waals surface area contributed by atoms with Crippen molar-refractivity contribution in [2.45, 2.75) is 25.1 Å². The quantitative estimate of drug-likeness (QED) is 0.773. The van der Waals surface area contributed by atoms with E-state index in [1.807, 2.05) is 16.7 Å². The van der Waals surface area contributed by atoms with Crippen LogP contribution in [0.1, 0.15) is 28.7 Å². The lowest BCUT2D eigenvalue weighted by molar-refractivity contribution is 0.0686. The number of nitrogens with one attached hydrogen (secondary N) is 2. The van der Waals surface area contributed by atoms with Gasteiger partial charge in [-0.25, -0.2) is 0 Å². The van der Waals surface area contributed by atoms with Crippen molar-refractivity contribution in [2.24, 2.45) is 4.99 Å². The van der Waals surface area contributed by atoms with E-state index >= 15 is 0 Å². The van der Waals surface area contributed by atoms with Crippen LogP contribution in [0.4, 0.5) is 0 Å². The molecule has 0 bridgehead atoms. The largest absolute Gasteiger partial charge is 0.348 e. The van der Waals surface area contributed by atoms with Crippen molar-refractivity contribution in [3.8, 4) is 0 Å². The van der Waals surface area contributed by atoms with Crippen LogP contribution in [0.3, 0.4) is 0 Å². The summed E-state index contributed by atoms with van der Waals surface area (Å²) in [5.74, 6) is 0.0558. The Hall–Kier alpha value is -1.54. The first kappa shape index (κ1) is 15.0. The summed E-state index contributed by atoms with van der Waals surface area (Å²) in [6, 6.07) is 0. The van der Waals surface area contributed by atoms with E-state index in [-0.39, 0.29) is 5.91 Å². The second-order valence-corrected chi connectivity index (χ2v) is 7.69. The van der Waals surface area contributed by atoms with Gasteiger partial charge in [-0.2, -0.15) is 5.10 Å². The van der Waals surface area contributed by atoms with Crippen LogP contribution in [0, 0.1) is 0 Å². The average molecular weight is 334 g/mol. The molecule has 1 aromatic rings. The lowest BCUT2D eigenvalue weighted by Gasteiger charge is -2.35. The monoisotopic (exact) mass is 334 g/mol. The summed E-state index contributed by atoms with van der Waals surface area (Å²) in [7, 11) is 0. The van der Waals surface area contributed by atoms with Crippen LogP contribution >= 0.6 is 11.8 Å². The van der Waals surface area contributed by atoms with Crippen molar-refractivity contribution in [1.82, 2.24) is 25.3 Å². The van der Waals surface area contributed by atoms with E-state index in [2.05, 4.69) is 32.3 Å². The number of amidine groups is 1. The predicted octanol–water partition coefficient (Wildman–Crippen LogP) is 0.305. The molecule has 1 fully saturated rings. The first-order valence-electron chi connectivity index (χ1n) is 8.24. The molecule has 4 rings (SSSR count). The maximum atomic E-state index is 12.8. The number of aromatic nitrogens is 2. The van der Waals surface area contributed by atoms with Gasteiger partial charge >= 0.3 is 0 Å². The first-order valence-corrected chi connectivity index (χ1v) is 9.12. The van der Waals surface area contributed by atoms with Crippen molar-refractivity contribution in [2.75, 3.05) is 39.3 Å². The van der Waals surface area contributed by atoms with Crippen LogP contribution in [-0.2, 0) is 13.0 Å². The summed E-state index contributed by atoms with van der Waals surface area (Å²) in [6.07, 6.45) is 0.915. The molecule has 3 aliphatic heterocycles. The molecule has 1 amide bonds. The number of hydrogen-bond donors (Lipinski definition) is 2. The van der Waals surface area contributed by atoms with Gasteiger partial charge in [0.15, 0.2) is 10.9 Å². The third-order valence-electron chi connectivity index (χ3n) is 4.64. The standard InChI is InChI=1S/C15H22N6OS/c1-10-8-17-15(23-10)21-6-4-20(5-7-21)14(22)13-11-9-16-3-2-12(11)18-19-13/h10,16H,2-9H2,1H3,(H,18,19). The number of H-pyrrole nitrogens is 1. The molecule has 4 heterocycles. The Balaban J connectivity index is 1.40. The molecule has 0 saturated carbocycles. The van der Waals surface area contributed by atoms with Gasteiger partial charge in [0.1, 0.15) is 0 Å². The SMILES string of the molecule is CC1CN=C(N2CCN(C(=O)c3n[nH]c4c3CNCC4)CC2)S1. The maximum Gasteiger partial charge on any atom is 0.274 e. The molecule has 1 saturated heterocycles. The fourth-order valence-electron chi connectivity index (χ4n) is 3.29. The molecule has 7 nitrogen and oxygen atoms in total. The molecule has 0 spiro atoms. The summed E-state index contributed by atoms with van der Waals surface area (Å²) in [6.45, 7) is 7.98. The number of aromatic amines is 1. The van der Waals surface area contributed by atoms with E-state index < -0.39 is 0 Å². The Bertz CT molecular complexity index is 634. The minimum Gasteiger partial charge on any atom is -0.348 e. The Morgan fingerprint density at radius 1 is 1.30 bits per heavy atom. The van der Waals surface area contributed by atoms with Crippen molar-refractivity contribution in [3.05, 3.63) is 17.0 Å². The fourth-order valence-corrected chi connectivity index (χ4v) is 4.28. The molecule has 124 valence electrons. The number of rotatable bonds is 1. The van der Waals surface area contributed by atoms with Crippen molar-refractivity contribution in [3.63, 3.8) is 0 Å². The van der Waals surface area contributed by atoms with Crippen LogP contribution in [0.15, 0.2) is 4.99 Å². The summed E-state index contributed by atoms with van der Waals surface area (Å²) in [5.41, 5.74) is 2.76. The number of amides is 1. The second kappa shape index (κ2) is 6.16. The lowest BCUT2D eigenvalue weighted by Crippen LogP contribution is -2.50. The number of piperazine rings is 1. The Kier molecular flexibility index (Phi) is 4.02. The van der Waals surface area contributed by atoms with Gasteiger partial charge in [0.2, 0.25) is 0 Å². The number of carbonyl (C=O) groups excluding carboxylic acids is 1. The van der Waals surface area contributed by atoms with Crippen LogP contribution < -0.4 is 5.32 Å². The Morgan fingerprint density at radius 2 is 2.13 bits per heavy atom. The number of carbonyl (C=O) groups is 1. The topological polar surface area (TPSA) is 76.6 Å². The summed E-state index contributed by atoms with van der Waals surface area (Å²) in [4.78, 5) is 21.6. The van der Waals surface area contributed by atoms with Gasteiger partial charge in [0.25, 0.3) is 5.91 Å². The molecule has 0 radical (unpaired) electrons. The average Bonchev–Trinajstić information content (AvgIpc) is 3.21. The van der Waals surface area contributed by atoms with Gasteiger partial charge in [-0.15, -0.1) is 0 Å². The molecule has 1 atom stereocenters. The van der Waals surface area contributed by atoms with Crippen LogP contribution in [0.5, 0.6) is 0 Å². The number of fused-ring (bicyclic) bond motifs is 1. The maximum absolute atomic E-state index is 12.8. The highest BCUT2D eigenvalue weighted by atomic mass is 32.2. The summed E-state index contributed by atoms with van der Waals surface area (Å²) < 4.78 is 0. The molecule has 0 aliphatic carbocycles. The zero-order valence-corrected chi connectivity index (χ0v) is 14.2. The third-order valence-corrected chi connectivity index (χ3v) is 5.79. The van der Waals surface area contributed by atoms with Gasteiger partial charge in [-0.1, -0.05) is 18.7 Å². The predicted molar refractivity (Wildman–Crippen MR) is 90.8 cm³/mol.